The molecule has 1 aliphatic rings. The molecule has 1 saturated heterocycles. The van der Waals surface area contributed by atoms with Crippen LogP contribution in [0, 0.1) is 12.7 Å². The molecular formula is C29H28F3N5O. The van der Waals surface area contributed by atoms with E-state index in [1.54, 1.807) is 18.3 Å². The molecule has 0 bridgehead atoms. The Bertz CT molecular complexity index is 1460. The van der Waals surface area contributed by atoms with E-state index in [2.05, 4.69) is 20.6 Å². The Morgan fingerprint density at radius 3 is 2.47 bits per heavy atom. The van der Waals surface area contributed by atoms with Gasteiger partial charge < -0.3 is 15.5 Å². The van der Waals surface area contributed by atoms with Crippen LogP contribution in [-0.4, -0.2) is 35.1 Å². The SMILES string of the molecule is Cc1nccc2c(NC(=O)NC3CCN(c4ncc(C(C)(F)F)cc4-c4ccc(F)cc4)CC3)cccc12. The van der Waals surface area contributed by atoms with Crippen LogP contribution in [0.2, 0.25) is 0 Å². The Balaban J connectivity index is 1.28. The zero-order valence-corrected chi connectivity index (χ0v) is 21.1. The molecule has 5 rings (SSSR count). The van der Waals surface area contributed by atoms with Crippen LogP contribution in [0.1, 0.15) is 31.0 Å². The van der Waals surface area contributed by atoms with Crippen LogP contribution in [0.15, 0.2) is 67.0 Å². The molecule has 0 spiro atoms. The molecule has 2 aromatic heterocycles. The fourth-order valence-corrected chi connectivity index (χ4v) is 4.83. The molecule has 0 atom stereocenters. The number of rotatable bonds is 5. The number of fused-ring (bicyclic) bond motifs is 1. The quantitative estimate of drug-likeness (QED) is 0.310. The molecular weight excluding hydrogens is 491 g/mol. The molecule has 0 unspecified atom stereocenters. The number of alkyl halides is 2. The summed E-state index contributed by atoms with van der Waals surface area (Å²) in [6.45, 7) is 3.91. The number of carbonyl (C=O) groups excluding carboxylic acids is 1. The van der Waals surface area contributed by atoms with Gasteiger partial charge in [-0.1, -0.05) is 24.3 Å². The molecule has 0 saturated carbocycles. The van der Waals surface area contributed by atoms with Gasteiger partial charge in [-0.3, -0.25) is 4.98 Å². The Labute approximate surface area is 218 Å². The van der Waals surface area contributed by atoms with Gasteiger partial charge in [0.1, 0.15) is 11.6 Å². The number of aromatic nitrogens is 2. The Hall–Kier alpha value is -4.14. The highest BCUT2D eigenvalue weighted by Gasteiger charge is 2.29. The van der Waals surface area contributed by atoms with Gasteiger partial charge in [-0.15, -0.1) is 0 Å². The summed E-state index contributed by atoms with van der Waals surface area (Å²) in [5.74, 6) is -2.89. The number of nitrogens with one attached hydrogen (secondary N) is 2. The summed E-state index contributed by atoms with van der Waals surface area (Å²) in [5.41, 5.74) is 2.54. The summed E-state index contributed by atoms with van der Waals surface area (Å²) < 4.78 is 41.6. The Morgan fingerprint density at radius 2 is 1.76 bits per heavy atom. The first-order valence-corrected chi connectivity index (χ1v) is 12.5. The van der Waals surface area contributed by atoms with Gasteiger partial charge >= 0.3 is 6.03 Å². The third-order valence-electron chi connectivity index (χ3n) is 6.91. The number of amides is 2. The maximum atomic E-state index is 14.1. The minimum atomic E-state index is -3.05. The normalized spacial score (nSPS) is 14.5. The van der Waals surface area contributed by atoms with Gasteiger partial charge in [0.15, 0.2) is 0 Å². The number of hydrogen-bond acceptors (Lipinski definition) is 4. The van der Waals surface area contributed by atoms with Crippen molar-refractivity contribution in [3.8, 4) is 11.1 Å². The van der Waals surface area contributed by atoms with E-state index in [4.69, 9.17) is 0 Å². The van der Waals surface area contributed by atoms with Crippen molar-refractivity contribution in [3.63, 3.8) is 0 Å². The first-order chi connectivity index (χ1) is 18.2. The van der Waals surface area contributed by atoms with Crippen molar-refractivity contribution < 1.29 is 18.0 Å². The average molecular weight is 520 g/mol. The molecule has 0 aliphatic carbocycles. The minimum absolute atomic E-state index is 0.0573. The van der Waals surface area contributed by atoms with E-state index >= 15 is 0 Å². The largest absolute Gasteiger partial charge is 0.356 e. The highest BCUT2D eigenvalue weighted by Crippen LogP contribution is 2.36. The summed E-state index contributed by atoms with van der Waals surface area (Å²) in [6, 6.07) is 14.4. The molecule has 1 fully saturated rings. The third-order valence-corrected chi connectivity index (χ3v) is 6.91. The van der Waals surface area contributed by atoms with Gasteiger partial charge in [-0.2, -0.15) is 0 Å². The zero-order chi connectivity index (χ0) is 26.9. The second-order valence-electron chi connectivity index (χ2n) is 9.65. The van der Waals surface area contributed by atoms with Crippen LogP contribution in [-0.2, 0) is 5.92 Å². The highest BCUT2D eigenvalue weighted by molar-refractivity contribution is 6.02. The number of benzene rings is 2. The molecule has 2 aromatic carbocycles. The van der Waals surface area contributed by atoms with Gasteiger partial charge in [0, 0.05) is 66.0 Å². The number of aryl methyl sites for hydroxylation is 1. The molecule has 3 heterocycles. The van der Waals surface area contributed by atoms with E-state index in [-0.39, 0.29) is 17.6 Å². The molecule has 0 radical (unpaired) electrons. The Kier molecular flexibility index (Phi) is 6.93. The Morgan fingerprint density at radius 1 is 1.03 bits per heavy atom. The highest BCUT2D eigenvalue weighted by atomic mass is 19.3. The van der Waals surface area contributed by atoms with Gasteiger partial charge in [0.05, 0.1) is 5.69 Å². The predicted octanol–water partition coefficient (Wildman–Crippen LogP) is 6.65. The van der Waals surface area contributed by atoms with Crippen molar-refractivity contribution in [2.45, 2.75) is 38.7 Å². The van der Waals surface area contributed by atoms with Crippen molar-refractivity contribution in [3.05, 3.63) is 84.1 Å². The number of anilines is 2. The predicted molar refractivity (Wildman–Crippen MR) is 143 cm³/mol. The molecule has 6 nitrogen and oxygen atoms in total. The van der Waals surface area contributed by atoms with Crippen LogP contribution >= 0.6 is 0 Å². The van der Waals surface area contributed by atoms with Crippen LogP contribution in [0.4, 0.5) is 29.5 Å². The lowest BCUT2D eigenvalue weighted by Gasteiger charge is -2.34. The summed E-state index contributed by atoms with van der Waals surface area (Å²) in [6.07, 6.45) is 4.23. The lowest BCUT2D eigenvalue weighted by molar-refractivity contribution is 0.0172. The molecule has 2 amide bonds. The lowest BCUT2D eigenvalue weighted by Crippen LogP contribution is -2.46. The number of pyridine rings is 2. The van der Waals surface area contributed by atoms with Crippen LogP contribution in [0.25, 0.3) is 21.9 Å². The average Bonchev–Trinajstić information content (AvgIpc) is 2.89. The van der Waals surface area contributed by atoms with Gasteiger partial charge in [-0.25, -0.2) is 22.9 Å². The third kappa shape index (κ3) is 5.41. The van der Waals surface area contributed by atoms with E-state index in [1.807, 2.05) is 36.1 Å². The fraction of sp³-hybridized carbons (Fsp3) is 0.276. The van der Waals surface area contributed by atoms with Gasteiger partial charge in [0.2, 0.25) is 0 Å². The number of halogens is 3. The first-order valence-electron chi connectivity index (χ1n) is 12.5. The lowest BCUT2D eigenvalue weighted by atomic mass is 10.00. The summed E-state index contributed by atoms with van der Waals surface area (Å²) in [4.78, 5) is 23.5. The number of nitrogens with zero attached hydrogens (tertiary/aromatic N) is 3. The van der Waals surface area contributed by atoms with Gasteiger partial charge in [0.25, 0.3) is 5.92 Å². The van der Waals surface area contributed by atoms with Crippen LogP contribution < -0.4 is 15.5 Å². The molecule has 38 heavy (non-hydrogen) atoms. The van der Waals surface area contributed by atoms with Gasteiger partial charge in [-0.05, 0) is 55.7 Å². The second-order valence-corrected chi connectivity index (χ2v) is 9.65. The number of piperidine rings is 1. The van der Waals surface area contributed by atoms with E-state index in [0.29, 0.717) is 48.6 Å². The molecule has 196 valence electrons. The second kappa shape index (κ2) is 10.3. The zero-order valence-electron chi connectivity index (χ0n) is 21.1. The van der Waals surface area contributed by atoms with E-state index < -0.39 is 11.7 Å². The maximum Gasteiger partial charge on any atom is 0.319 e. The number of carbonyl (C=O) groups is 1. The van der Waals surface area contributed by atoms with Crippen molar-refractivity contribution in [2.24, 2.45) is 0 Å². The summed E-state index contributed by atoms with van der Waals surface area (Å²) in [7, 11) is 0. The minimum Gasteiger partial charge on any atom is -0.356 e. The van der Waals surface area contributed by atoms with E-state index in [0.717, 1.165) is 23.4 Å². The molecule has 9 heteroatoms. The molecule has 2 N–H and O–H groups in total. The first kappa shape index (κ1) is 25.5. The van der Waals surface area contributed by atoms with Crippen LogP contribution in [0.5, 0.6) is 0 Å². The topological polar surface area (TPSA) is 70.2 Å². The number of urea groups is 1. The van der Waals surface area contributed by atoms with Crippen molar-refractivity contribution in [1.82, 2.24) is 15.3 Å². The molecule has 4 aromatic rings. The fourth-order valence-electron chi connectivity index (χ4n) is 4.83. The van der Waals surface area contributed by atoms with Crippen LogP contribution in [0.3, 0.4) is 0 Å². The van der Waals surface area contributed by atoms with E-state index in [9.17, 15) is 18.0 Å². The summed E-state index contributed by atoms with van der Waals surface area (Å²) >= 11 is 0. The summed E-state index contributed by atoms with van der Waals surface area (Å²) in [5, 5.41) is 7.90. The molecule has 1 aliphatic heterocycles. The van der Waals surface area contributed by atoms with Crippen molar-refractivity contribution in [2.75, 3.05) is 23.3 Å². The van der Waals surface area contributed by atoms with Crippen molar-refractivity contribution in [1.29, 1.82) is 0 Å². The van der Waals surface area contributed by atoms with E-state index in [1.165, 1.54) is 24.4 Å². The smallest absolute Gasteiger partial charge is 0.319 e. The van der Waals surface area contributed by atoms with Crippen molar-refractivity contribution >= 4 is 28.3 Å². The number of hydrogen-bond donors (Lipinski definition) is 2. The monoisotopic (exact) mass is 519 g/mol. The maximum absolute atomic E-state index is 14.1. The standard InChI is InChI=1S/C29H28F3N5O/c1-18-23-4-3-5-26(24(23)10-13-33-18)36-28(38)35-22-11-14-37(15-12-22)27-25(19-6-8-21(30)9-7-19)16-20(17-34-27)29(2,31)32/h3-10,13,16-17,22H,11-12,14-15H2,1-2H3,(H2,35,36,38).